The van der Waals surface area contributed by atoms with Crippen LogP contribution in [0.5, 0.6) is 0 Å². The Morgan fingerprint density at radius 3 is 2.00 bits per heavy atom. The first-order valence-corrected chi connectivity index (χ1v) is 13.2. The van der Waals surface area contributed by atoms with Crippen molar-refractivity contribution in [2.75, 3.05) is 6.61 Å². The Hall–Kier alpha value is -4.66. The number of benzene rings is 3. The zero-order valence-corrected chi connectivity index (χ0v) is 22.2. The number of amides is 2. The van der Waals surface area contributed by atoms with Gasteiger partial charge in [-0.05, 0) is 34.2 Å². The topological polar surface area (TPSA) is 131 Å². The molecule has 0 aliphatic heterocycles. The maximum atomic E-state index is 13.0. The van der Waals surface area contributed by atoms with Crippen LogP contribution in [0.15, 0.2) is 78.9 Å². The average molecular weight is 545 g/mol. The van der Waals surface area contributed by atoms with Crippen molar-refractivity contribution in [1.82, 2.24) is 10.6 Å². The lowest BCUT2D eigenvalue weighted by molar-refractivity contribution is -0.147. The minimum Gasteiger partial charge on any atom is -0.480 e. The summed E-state index contributed by atoms with van der Waals surface area (Å²) in [6.45, 7) is 1.79. The lowest BCUT2D eigenvalue weighted by atomic mass is 9.98. The monoisotopic (exact) mass is 544 g/mol. The first-order chi connectivity index (χ1) is 19.4. The van der Waals surface area contributed by atoms with Crippen LogP contribution >= 0.6 is 0 Å². The number of hydrogen-bond acceptors (Lipinski definition) is 6. The lowest BCUT2D eigenvalue weighted by Crippen LogP contribution is -2.52. The maximum Gasteiger partial charge on any atom is 0.407 e. The summed E-state index contributed by atoms with van der Waals surface area (Å²) >= 11 is 0. The highest BCUT2D eigenvalue weighted by Gasteiger charge is 2.31. The molecule has 3 aromatic carbocycles. The fourth-order valence-electron chi connectivity index (χ4n) is 4.77. The molecule has 1 aliphatic rings. The molecule has 9 heteroatoms. The van der Waals surface area contributed by atoms with Crippen molar-refractivity contribution in [2.24, 2.45) is 0 Å². The van der Waals surface area contributed by atoms with Crippen LogP contribution in [0.25, 0.3) is 11.1 Å². The van der Waals surface area contributed by atoms with E-state index in [2.05, 4.69) is 10.6 Å². The van der Waals surface area contributed by atoms with Crippen LogP contribution in [0.4, 0.5) is 4.79 Å². The number of carboxylic acid groups (broad SMARTS) is 1. The maximum absolute atomic E-state index is 13.0. The molecule has 0 saturated carbocycles. The van der Waals surface area contributed by atoms with Gasteiger partial charge in [-0.25, -0.2) is 9.59 Å². The number of ether oxygens (including phenoxy) is 2. The molecule has 208 valence electrons. The van der Waals surface area contributed by atoms with Gasteiger partial charge in [0.1, 0.15) is 25.3 Å². The van der Waals surface area contributed by atoms with Crippen molar-refractivity contribution >= 4 is 23.9 Å². The van der Waals surface area contributed by atoms with E-state index in [0.29, 0.717) is 6.42 Å². The van der Waals surface area contributed by atoms with E-state index >= 15 is 0 Å². The molecule has 1 aliphatic carbocycles. The number of carbonyl (C=O) groups excluding carboxylic acids is 3. The van der Waals surface area contributed by atoms with Crippen molar-refractivity contribution < 1.29 is 33.8 Å². The molecule has 0 spiro atoms. The van der Waals surface area contributed by atoms with Crippen LogP contribution in [-0.2, 0) is 30.5 Å². The molecule has 4 rings (SSSR count). The molecule has 9 nitrogen and oxygen atoms in total. The number of esters is 1. The molecule has 0 bridgehead atoms. The molecular formula is C31H32N2O7. The van der Waals surface area contributed by atoms with Gasteiger partial charge >= 0.3 is 18.0 Å². The second kappa shape index (κ2) is 13.4. The summed E-state index contributed by atoms with van der Waals surface area (Å²) in [4.78, 5) is 50.0. The number of carbonyl (C=O) groups is 4. The summed E-state index contributed by atoms with van der Waals surface area (Å²) < 4.78 is 10.8. The van der Waals surface area contributed by atoms with Crippen molar-refractivity contribution in [1.29, 1.82) is 0 Å². The third-order valence-corrected chi connectivity index (χ3v) is 6.76. The first-order valence-electron chi connectivity index (χ1n) is 13.2. The van der Waals surface area contributed by atoms with Crippen LogP contribution in [0.2, 0.25) is 0 Å². The number of hydrogen-bond donors (Lipinski definition) is 3. The predicted octanol–water partition coefficient (Wildman–Crippen LogP) is 4.40. The second-order valence-corrected chi connectivity index (χ2v) is 9.56. The third kappa shape index (κ3) is 7.05. The van der Waals surface area contributed by atoms with E-state index in [-0.39, 0.29) is 25.6 Å². The van der Waals surface area contributed by atoms with Crippen molar-refractivity contribution in [3.05, 3.63) is 95.6 Å². The Kier molecular flexibility index (Phi) is 9.51. The molecule has 3 N–H and O–H groups in total. The quantitative estimate of drug-likeness (QED) is 0.288. The minimum absolute atomic E-state index is 0.00740. The van der Waals surface area contributed by atoms with Crippen molar-refractivity contribution in [2.45, 2.75) is 50.8 Å². The SMILES string of the molecule is CCC[C@H](NC(=O)[C@H](CC(=O)OCc1ccccc1)NC(=O)OCC1c2ccccc2-c2ccccc21)C(=O)O. The smallest absolute Gasteiger partial charge is 0.407 e. The Morgan fingerprint density at radius 2 is 1.40 bits per heavy atom. The first kappa shape index (κ1) is 28.4. The van der Waals surface area contributed by atoms with E-state index < -0.39 is 42.4 Å². The molecule has 0 fully saturated rings. The number of aliphatic carboxylic acids is 1. The van der Waals surface area contributed by atoms with Crippen molar-refractivity contribution in [3.8, 4) is 11.1 Å². The summed E-state index contributed by atoms with van der Waals surface area (Å²) in [5.74, 6) is -2.94. The molecule has 3 aromatic rings. The standard InChI is InChI=1S/C31H32N2O7/c1-2-10-26(30(36)37)32-29(35)27(17-28(34)39-18-20-11-4-3-5-12-20)33-31(38)40-19-25-23-15-8-6-13-21(23)22-14-7-9-16-24(22)25/h3-9,11-16,25-27H,2,10,17-19H2,1H3,(H,32,35)(H,33,38)(H,36,37)/t26-,27-/m0/s1. The zero-order valence-electron chi connectivity index (χ0n) is 22.2. The number of nitrogens with one attached hydrogen (secondary N) is 2. The van der Waals surface area contributed by atoms with Gasteiger partial charge in [0.25, 0.3) is 0 Å². The van der Waals surface area contributed by atoms with Gasteiger partial charge in [0.2, 0.25) is 5.91 Å². The number of rotatable bonds is 12. The van der Waals surface area contributed by atoms with Crippen LogP contribution in [0.1, 0.15) is 48.8 Å². The van der Waals surface area contributed by atoms with E-state index in [1.165, 1.54) is 0 Å². The van der Waals surface area contributed by atoms with Gasteiger partial charge in [-0.15, -0.1) is 0 Å². The highest BCUT2D eigenvalue weighted by molar-refractivity contribution is 5.92. The fourth-order valence-corrected chi connectivity index (χ4v) is 4.77. The highest BCUT2D eigenvalue weighted by Crippen LogP contribution is 2.44. The number of fused-ring (bicyclic) bond motifs is 3. The Morgan fingerprint density at radius 1 is 0.800 bits per heavy atom. The summed E-state index contributed by atoms with van der Waals surface area (Å²) in [5, 5.41) is 14.3. The molecule has 0 unspecified atom stereocenters. The summed E-state index contributed by atoms with van der Waals surface area (Å²) in [7, 11) is 0. The van der Waals surface area contributed by atoms with E-state index in [1.54, 1.807) is 31.2 Å². The molecule has 2 amide bonds. The highest BCUT2D eigenvalue weighted by atomic mass is 16.5. The van der Waals surface area contributed by atoms with Gasteiger partial charge in [-0.1, -0.05) is 92.2 Å². The van der Waals surface area contributed by atoms with Crippen molar-refractivity contribution in [3.63, 3.8) is 0 Å². The van der Waals surface area contributed by atoms with E-state index in [0.717, 1.165) is 27.8 Å². The summed E-state index contributed by atoms with van der Waals surface area (Å²) in [5.41, 5.74) is 4.95. The van der Waals surface area contributed by atoms with Gasteiger partial charge < -0.3 is 25.2 Å². The van der Waals surface area contributed by atoms with Crippen LogP contribution in [-0.4, -0.2) is 47.7 Å². The molecular weight excluding hydrogens is 512 g/mol. The Bertz CT molecular complexity index is 1310. The molecule has 40 heavy (non-hydrogen) atoms. The zero-order chi connectivity index (χ0) is 28.5. The Balaban J connectivity index is 1.42. The number of alkyl carbamates (subject to hydrolysis) is 1. The van der Waals surface area contributed by atoms with E-state index in [9.17, 15) is 24.3 Å². The van der Waals surface area contributed by atoms with Crippen LogP contribution in [0.3, 0.4) is 0 Å². The van der Waals surface area contributed by atoms with E-state index in [4.69, 9.17) is 9.47 Å². The second-order valence-electron chi connectivity index (χ2n) is 9.56. The minimum atomic E-state index is -1.39. The molecule has 0 radical (unpaired) electrons. The fraction of sp³-hybridized carbons (Fsp3) is 0.290. The van der Waals surface area contributed by atoms with Crippen LogP contribution in [0, 0.1) is 0 Å². The van der Waals surface area contributed by atoms with Gasteiger partial charge in [0.05, 0.1) is 6.42 Å². The lowest BCUT2D eigenvalue weighted by Gasteiger charge is -2.21. The van der Waals surface area contributed by atoms with Gasteiger partial charge in [-0.2, -0.15) is 0 Å². The van der Waals surface area contributed by atoms with Gasteiger partial charge in [0, 0.05) is 5.92 Å². The third-order valence-electron chi connectivity index (χ3n) is 6.76. The number of carboxylic acids is 1. The normalized spacial score (nSPS) is 13.3. The molecule has 2 atom stereocenters. The van der Waals surface area contributed by atoms with Crippen LogP contribution < -0.4 is 10.6 Å². The summed E-state index contributed by atoms with van der Waals surface area (Å²) in [6.07, 6.45) is -0.695. The van der Waals surface area contributed by atoms with E-state index in [1.807, 2.05) is 54.6 Å². The molecule has 0 aromatic heterocycles. The average Bonchev–Trinajstić information content (AvgIpc) is 3.28. The summed E-state index contributed by atoms with van der Waals surface area (Å²) in [6, 6.07) is 22.2. The van der Waals surface area contributed by atoms with Gasteiger partial charge in [0.15, 0.2) is 0 Å². The Labute approximate surface area is 232 Å². The predicted molar refractivity (Wildman–Crippen MR) is 147 cm³/mol. The van der Waals surface area contributed by atoms with Gasteiger partial charge in [-0.3, -0.25) is 9.59 Å². The molecule has 0 heterocycles. The molecule has 0 saturated heterocycles. The largest absolute Gasteiger partial charge is 0.480 e.